The van der Waals surface area contributed by atoms with Gasteiger partial charge in [0.2, 0.25) is 0 Å². The molecule has 1 aliphatic carbocycles. The van der Waals surface area contributed by atoms with Crippen molar-refractivity contribution in [2.75, 3.05) is 11.9 Å². The van der Waals surface area contributed by atoms with Crippen LogP contribution in [0.5, 0.6) is 5.75 Å². The van der Waals surface area contributed by atoms with E-state index in [1.54, 1.807) is 18.2 Å². The Balaban J connectivity index is 1.73. The van der Waals surface area contributed by atoms with Gasteiger partial charge in [0, 0.05) is 5.56 Å². The van der Waals surface area contributed by atoms with Crippen LogP contribution in [0.15, 0.2) is 30.3 Å². The average molecular weight is 402 g/mol. The summed E-state index contributed by atoms with van der Waals surface area (Å²) in [5.41, 5.74) is 3.16. The third-order valence-electron chi connectivity index (χ3n) is 4.86. The first kappa shape index (κ1) is 20.2. The van der Waals surface area contributed by atoms with Gasteiger partial charge in [0.05, 0.1) is 23.7 Å². The number of hydrogen-bond acceptors (Lipinski definition) is 3. The van der Waals surface area contributed by atoms with E-state index in [1.165, 1.54) is 12.8 Å². The molecule has 1 aliphatic rings. The quantitative estimate of drug-likeness (QED) is 0.651. The second-order valence-electron chi connectivity index (χ2n) is 7.35. The van der Waals surface area contributed by atoms with Gasteiger partial charge in [-0.05, 0) is 67.1 Å². The summed E-state index contributed by atoms with van der Waals surface area (Å²) in [6.07, 6.45) is 3.55. The van der Waals surface area contributed by atoms with Crippen molar-refractivity contribution in [2.45, 2.75) is 39.5 Å². The predicted molar refractivity (Wildman–Crippen MR) is 109 cm³/mol. The molecular formula is C22H24ClNO4. The van der Waals surface area contributed by atoms with Crippen molar-refractivity contribution in [1.82, 2.24) is 0 Å². The smallest absolute Gasteiger partial charge is 0.307 e. The van der Waals surface area contributed by atoms with E-state index in [-0.39, 0.29) is 12.3 Å². The molecule has 1 saturated carbocycles. The van der Waals surface area contributed by atoms with Crippen LogP contribution in [0, 0.1) is 19.8 Å². The second-order valence-corrected chi connectivity index (χ2v) is 7.76. The van der Waals surface area contributed by atoms with Gasteiger partial charge in [-0.15, -0.1) is 0 Å². The summed E-state index contributed by atoms with van der Waals surface area (Å²) in [4.78, 5) is 23.8. The number of carboxylic acid groups (broad SMARTS) is 1. The molecule has 1 fully saturated rings. The predicted octanol–water partition coefficient (Wildman–Crippen LogP) is 5.02. The maximum absolute atomic E-state index is 12.8. The molecule has 0 radical (unpaired) electrons. The molecule has 3 rings (SSSR count). The number of carbonyl (C=O) groups excluding carboxylic acids is 1. The molecule has 2 N–H and O–H groups in total. The fraction of sp³-hybridized carbons (Fsp3) is 0.364. The highest BCUT2D eigenvalue weighted by Crippen LogP contribution is 2.32. The van der Waals surface area contributed by atoms with E-state index < -0.39 is 5.97 Å². The highest BCUT2D eigenvalue weighted by atomic mass is 35.5. The second kappa shape index (κ2) is 8.65. The Morgan fingerprint density at radius 1 is 1.18 bits per heavy atom. The zero-order valence-corrected chi connectivity index (χ0v) is 16.8. The number of rotatable bonds is 8. The lowest BCUT2D eigenvalue weighted by molar-refractivity contribution is -0.136. The summed E-state index contributed by atoms with van der Waals surface area (Å²) in [5, 5.41) is 12.1. The summed E-state index contributed by atoms with van der Waals surface area (Å²) >= 11 is 6.17. The van der Waals surface area contributed by atoms with Crippen LogP contribution in [0.25, 0.3) is 0 Å². The number of carboxylic acids is 1. The van der Waals surface area contributed by atoms with Gasteiger partial charge in [0.15, 0.2) is 0 Å². The van der Waals surface area contributed by atoms with E-state index >= 15 is 0 Å². The maximum Gasteiger partial charge on any atom is 0.307 e. The van der Waals surface area contributed by atoms with Crippen LogP contribution < -0.4 is 10.1 Å². The van der Waals surface area contributed by atoms with Crippen LogP contribution in [0.2, 0.25) is 5.02 Å². The van der Waals surface area contributed by atoms with Gasteiger partial charge in [0.1, 0.15) is 5.75 Å². The van der Waals surface area contributed by atoms with Crippen molar-refractivity contribution in [3.05, 3.63) is 57.6 Å². The third-order valence-corrected chi connectivity index (χ3v) is 5.19. The number of ether oxygens (including phenoxy) is 1. The molecule has 0 saturated heterocycles. The minimum absolute atomic E-state index is 0.134. The Hall–Kier alpha value is -2.53. The minimum Gasteiger partial charge on any atom is -0.494 e. The molecule has 148 valence electrons. The standard InChI is InChI=1S/C22H24ClNO4/c1-13-9-17(28-8-7-15-3-4-15)10-14(2)21(13)22(27)24-19-11-16(12-20(25)26)5-6-18(19)23/h5-6,9-11,15H,3-4,7-8,12H2,1-2H3,(H,24,27)(H,25,26). The fourth-order valence-electron chi connectivity index (χ4n) is 3.25. The molecule has 28 heavy (non-hydrogen) atoms. The largest absolute Gasteiger partial charge is 0.494 e. The normalized spacial score (nSPS) is 13.2. The molecule has 0 unspecified atom stereocenters. The summed E-state index contributed by atoms with van der Waals surface area (Å²) in [5.74, 6) is 0.361. The topological polar surface area (TPSA) is 75.6 Å². The SMILES string of the molecule is Cc1cc(OCCC2CC2)cc(C)c1C(=O)Nc1cc(CC(=O)O)ccc1Cl. The number of nitrogens with one attached hydrogen (secondary N) is 1. The van der Waals surface area contributed by atoms with Gasteiger partial charge in [0.25, 0.3) is 5.91 Å². The first-order valence-electron chi connectivity index (χ1n) is 9.39. The van der Waals surface area contributed by atoms with Crippen molar-refractivity contribution in [1.29, 1.82) is 0 Å². The molecule has 0 aliphatic heterocycles. The summed E-state index contributed by atoms with van der Waals surface area (Å²) in [7, 11) is 0. The number of aliphatic carboxylic acids is 1. The van der Waals surface area contributed by atoms with Crippen molar-refractivity contribution in [2.24, 2.45) is 5.92 Å². The van der Waals surface area contributed by atoms with Gasteiger partial charge < -0.3 is 15.2 Å². The number of anilines is 1. The molecule has 0 spiro atoms. The Kier molecular flexibility index (Phi) is 6.25. The van der Waals surface area contributed by atoms with Gasteiger partial charge in [-0.2, -0.15) is 0 Å². The van der Waals surface area contributed by atoms with Crippen LogP contribution in [-0.4, -0.2) is 23.6 Å². The Bertz CT molecular complexity index is 882. The van der Waals surface area contributed by atoms with E-state index in [0.29, 0.717) is 28.4 Å². The van der Waals surface area contributed by atoms with E-state index in [4.69, 9.17) is 21.4 Å². The summed E-state index contributed by atoms with van der Waals surface area (Å²) in [6, 6.07) is 8.56. The van der Waals surface area contributed by atoms with Crippen LogP contribution in [-0.2, 0) is 11.2 Å². The lowest BCUT2D eigenvalue weighted by Crippen LogP contribution is -2.16. The molecule has 0 atom stereocenters. The van der Waals surface area contributed by atoms with Crippen LogP contribution in [0.4, 0.5) is 5.69 Å². The molecule has 6 heteroatoms. The van der Waals surface area contributed by atoms with Crippen molar-refractivity contribution in [3.8, 4) is 5.75 Å². The molecule has 1 amide bonds. The molecule has 2 aromatic rings. The number of aryl methyl sites for hydroxylation is 2. The van der Waals surface area contributed by atoms with Crippen LogP contribution in [0.1, 0.15) is 46.3 Å². The monoisotopic (exact) mass is 401 g/mol. The average Bonchev–Trinajstić information content (AvgIpc) is 3.41. The molecular weight excluding hydrogens is 378 g/mol. The number of hydrogen-bond donors (Lipinski definition) is 2. The lowest BCUT2D eigenvalue weighted by Gasteiger charge is -2.15. The van der Waals surface area contributed by atoms with Crippen molar-refractivity contribution < 1.29 is 19.4 Å². The van der Waals surface area contributed by atoms with E-state index in [9.17, 15) is 9.59 Å². The van der Waals surface area contributed by atoms with Gasteiger partial charge in [-0.1, -0.05) is 30.5 Å². The highest BCUT2D eigenvalue weighted by Gasteiger charge is 2.21. The molecule has 0 bridgehead atoms. The molecule has 0 heterocycles. The van der Waals surface area contributed by atoms with E-state index in [2.05, 4.69) is 5.32 Å². The van der Waals surface area contributed by atoms with E-state index in [1.807, 2.05) is 26.0 Å². The third kappa shape index (κ3) is 5.26. The molecule has 2 aromatic carbocycles. The number of amides is 1. The number of benzene rings is 2. The first-order valence-corrected chi connectivity index (χ1v) is 9.77. The van der Waals surface area contributed by atoms with Crippen molar-refractivity contribution in [3.63, 3.8) is 0 Å². The Morgan fingerprint density at radius 2 is 1.86 bits per heavy atom. The fourth-order valence-corrected chi connectivity index (χ4v) is 3.42. The summed E-state index contributed by atoms with van der Waals surface area (Å²) < 4.78 is 5.83. The van der Waals surface area contributed by atoms with Crippen LogP contribution in [0.3, 0.4) is 0 Å². The van der Waals surface area contributed by atoms with E-state index in [0.717, 1.165) is 29.2 Å². The maximum atomic E-state index is 12.8. The van der Waals surface area contributed by atoms with Crippen molar-refractivity contribution >= 4 is 29.2 Å². The summed E-state index contributed by atoms with van der Waals surface area (Å²) in [6.45, 7) is 4.44. The molecule has 5 nitrogen and oxygen atoms in total. The van der Waals surface area contributed by atoms with Gasteiger partial charge in [-0.3, -0.25) is 9.59 Å². The minimum atomic E-state index is -0.941. The lowest BCUT2D eigenvalue weighted by atomic mass is 10.0. The van der Waals surface area contributed by atoms with Gasteiger partial charge >= 0.3 is 5.97 Å². The highest BCUT2D eigenvalue weighted by molar-refractivity contribution is 6.34. The van der Waals surface area contributed by atoms with Gasteiger partial charge in [-0.25, -0.2) is 0 Å². The number of halogens is 1. The first-order chi connectivity index (χ1) is 13.3. The zero-order valence-electron chi connectivity index (χ0n) is 16.0. The zero-order chi connectivity index (χ0) is 20.3. The van der Waals surface area contributed by atoms with Crippen LogP contribution >= 0.6 is 11.6 Å². The number of carbonyl (C=O) groups is 2. The Labute approximate surface area is 169 Å². The Morgan fingerprint density at radius 3 is 2.46 bits per heavy atom. The molecule has 0 aromatic heterocycles.